The van der Waals surface area contributed by atoms with Crippen molar-refractivity contribution in [2.24, 2.45) is 11.3 Å². The van der Waals surface area contributed by atoms with E-state index in [9.17, 15) is 0 Å². The summed E-state index contributed by atoms with van der Waals surface area (Å²) in [5.74, 6) is 1.18. The summed E-state index contributed by atoms with van der Waals surface area (Å²) < 4.78 is 0. The third-order valence-corrected chi connectivity index (χ3v) is 6.62. The maximum absolute atomic E-state index is 2.42. The van der Waals surface area contributed by atoms with E-state index < -0.39 is 0 Å². The molecule has 0 heterocycles. The van der Waals surface area contributed by atoms with Crippen LogP contribution < -0.4 is 0 Å². The molecule has 33 heavy (non-hydrogen) atoms. The Hall–Kier alpha value is -2.60. The van der Waals surface area contributed by atoms with Crippen LogP contribution in [0.4, 0.5) is 0 Å². The molecule has 0 fully saturated rings. The van der Waals surface area contributed by atoms with Crippen molar-refractivity contribution in [3.8, 4) is 11.1 Å². The first-order chi connectivity index (χ1) is 15.5. The monoisotopic (exact) mass is 438 g/mol. The van der Waals surface area contributed by atoms with Gasteiger partial charge in [0.1, 0.15) is 0 Å². The fourth-order valence-electron chi connectivity index (χ4n) is 4.94. The van der Waals surface area contributed by atoms with Gasteiger partial charge in [0.15, 0.2) is 0 Å². The van der Waals surface area contributed by atoms with Gasteiger partial charge in [-0.05, 0) is 82.2 Å². The first-order valence-electron chi connectivity index (χ1n) is 12.5. The summed E-state index contributed by atoms with van der Waals surface area (Å²) in [5, 5.41) is 0. The zero-order valence-corrected chi connectivity index (χ0v) is 22.2. The number of rotatable bonds is 3. The Morgan fingerprint density at radius 1 is 0.879 bits per heavy atom. The Kier molecular flexibility index (Phi) is 7.68. The fourth-order valence-corrected chi connectivity index (χ4v) is 4.94. The summed E-state index contributed by atoms with van der Waals surface area (Å²) in [6.07, 6.45) is 3.73. The van der Waals surface area contributed by atoms with Crippen LogP contribution in [-0.4, -0.2) is 0 Å². The summed E-state index contributed by atoms with van der Waals surface area (Å²) in [6.45, 7) is 20.3. The zero-order valence-electron chi connectivity index (χ0n) is 22.2. The molecule has 0 N–H and O–H groups in total. The van der Waals surface area contributed by atoms with E-state index in [0.717, 1.165) is 5.92 Å². The molecule has 0 spiro atoms. The zero-order chi connectivity index (χ0) is 24.3. The predicted molar refractivity (Wildman–Crippen MR) is 147 cm³/mol. The van der Waals surface area contributed by atoms with Gasteiger partial charge >= 0.3 is 0 Å². The molecular weight excluding hydrogens is 396 g/mol. The lowest BCUT2D eigenvalue weighted by atomic mass is 9.81. The minimum absolute atomic E-state index is 0.156. The molecule has 174 valence electrons. The van der Waals surface area contributed by atoms with Crippen molar-refractivity contribution in [2.45, 2.75) is 74.7 Å². The van der Waals surface area contributed by atoms with Gasteiger partial charge in [0.2, 0.25) is 0 Å². The average molecular weight is 439 g/mol. The van der Waals surface area contributed by atoms with E-state index in [0.29, 0.717) is 5.92 Å². The smallest absolute Gasteiger partial charge is 0.0358 e. The molecule has 0 heteroatoms. The lowest BCUT2D eigenvalue weighted by molar-refractivity contribution is 0.545. The second-order valence-corrected chi connectivity index (χ2v) is 11.1. The molecule has 3 aromatic carbocycles. The first-order valence-corrected chi connectivity index (χ1v) is 12.5. The third-order valence-electron chi connectivity index (χ3n) is 6.62. The van der Waals surface area contributed by atoms with Gasteiger partial charge < -0.3 is 0 Å². The van der Waals surface area contributed by atoms with Gasteiger partial charge in [0, 0.05) is 5.92 Å². The maximum atomic E-state index is 2.42. The normalized spacial score (nSPS) is 15.1. The summed E-state index contributed by atoms with van der Waals surface area (Å²) >= 11 is 0. The Bertz CT molecular complexity index is 1120. The van der Waals surface area contributed by atoms with Gasteiger partial charge in [-0.3, -0.25) is 0 Å². The third kappa shape index (κ3) is 5.49. The van der Waals surface area contributed by atoms with Gasteiger partial charge in [0.25, 0.3) is 0 Å². The summed E-state index contributed by atoms with van der Waals surface area (Å²) in [4.78, 5) is 0. The van der Waals surface area contributed by atoms with Crippen LogP contribution in [0.25, 0.3) is 16.7 Å². The summed E-state index contributed by atoms with van der Waals surface area (Å²) in [5.41, 5.74) is 12.8. The van der Waals surface area contributed by atoms with Crippen LogP contribution in [0.3, 0.4) is 0 Å². The van der Waals surface area contributed by atoms with E-state index in [2.05, 4.69) is 129 Å². The van der Waals surface area contributed by atoms with Gasteiger partial charge in [-0.1, -0.05) is 115 Å². The number of benzene rings is 3. The van der Waals surface area contributed by atoms with E-state index in [1.165, 1.54) is 56.5 Å². The van der Waals surface area contributed by atoms with Gasteiger partial charge in [-0.25, -0.2) is 0 Å². The van der Waals surface area contributed by atoms with Crippen LogP contribution in [0, 0.1) is 25.2 Å². The molecule has 1 aliphatic rings. The molecule has 0 saturated carbocycles. The highest BCUT2D eigenvalue weighted by molar-refractivity contribution is 5.89. The molecule has 0 aromatic heterocycles. The summed E-state index contributed by atoms with van der Waals surface area (Å²) in [7, 11) is 0. The molecular formula is C33H42. The van der Waals surface area contributed by atoms with Crippen molar-refractivity contribution in [3.63, 3.8) is 0 Å². The number of fused-ring (bicyclic) bond motifs is 3. The van der Waals surface area contributed by atoms with E-state index in [1.54, 1.807) is 0 Å². The number of hydrogen-bond acceptors (Lipinski definition) is 0. The van der Waals surface area contributed by atoms with Crippen molar-refractivity contribution in [3.05, 3.63) is 100 Å². The lowest BCUT2D eigenvalue weighted by Crippen LogP contribution is -2.06. The molecule has 1 unspecified atom stereocenters. The van der Waals surface area contributed by atoms with Gasteiger partial charge in [-0.2, -0.15) is 0 Å². The van der Waals surface area contributed by atoms with E-state index in [4.69, 9.17) is 0 Å². The molecule has 0 saturated heterocycles. The second-order valence-electron chi connectivity index (χ2n) is 11.1. The van der Waals surface area contributed by atoms with Crippen molar-refractivity contribution < 1.29 is 0 Å². The number of hydrogen-bond donors (Lipinski definition) is 0. The van der Waals surface area contributed by atoms with Crippen LogP contribution in [-0.2, 0) is 0 Å². The average Bonchev–Trinajstić information content (AvgIpc) is 3.08. The molecule has 1 atom stereocenters. The second kappa shape index (κ2) is 10.1. The summed E-state index contributed by atoms with van der Waals surface area (Å²) in [6, 6.07) is 22.4. The minimum Gasteiger partial charge on any atom is -0.0756 e. The van der Waals surface area contributed by atoms with E-state index in [-0.39, 0.29) is 5.41 Å². The van der Waals surface area contributed by atoms with E-state index >= 15 is 0 Å². The topological polar surface area (TPSA) is 0 Å². The molecule has 0 aliphatic heterocycles. The van der Waals surface area contributed by atoms with Crippen LogP contribution in [0.1, 0.15) is 94.2 Å². The molecule has 4 rings (SSSR count). The SMILES string of the molecule is C/C(=C/C(C)(C)C)c1c(C)ccc2c1C(c1ccccc1)c1cccc(C)c1-2.CCC(C)C. The Labute approximate surface area is 202 Å². The standard InChI is InChI=1S/C28H30.C5H12/c1-18-11-10-14-22-25(18)23-16-15-19(2)24(20(3)17-28(4,5)6)27(23)26(22)21-12-8-7-9-13-21;1-4-5(2)3/h7-17,26H,1-6H3;5H,4H2,1-3H3/b20-17-;. The molecule has 1 aliphatic carbocycles. The molecule has 0 bridgehead atoms. The van der Waals surface area contributed by atoms with Gasteiger partial charge in [-0.15, -0.1) is 0 Å². The van der Waals surface area contributed by atoms with Crippen LogP contribution in [0.5, 0.6) is 0 Å². The van der Waals surface area contributed by atoms with Crippen LogP contribution in [0.15, 0.2) is 66.7 Å². The largest absolute Gasteiger partial charge is 0.0756 e. The molecule has 0 radical (unpaired) electrons. The minimum atomic E-state index is 0.156. The molecule has 0 nitrogen and oxygen atoms in total. The van der Waals surface area contributed by atoms with Crippen molar-refractivity contribution in [2.75, 3.05) is 0 Å². The lowest BCUT2D eigenvalue weighted by Gasteiger charge is -2.22. The Morgan fingerprint density at radius 2 is 1.52 bits per heavy atom. The van der Waals surface area contributed by atoms with Crippen molar-refractivity contribution in [1.29, 1.82) is 0 Å². The molecule has 3 aromatic rings. The quantitative estimate of drug-likeness (QED) is 0.298. The number of allylic oxidation sites excluding steroid dienone is 2. The highest BCUT2D eigenvalue weighted by atomic mass is 14.4. The van der Waals surface area contributed by atoms with Gasteiger partial charge in [0.05, 0.1) is 0 Å². The Morgan fingerprint density at radius 3 is 2.09 bits per heavy atom. The van der Waals surface area contributed by atoms with Crippen LogP contribution >= 0.6 is 0 Å². The highest BCUT2D eigenvalue weighted by Gasteiger charge is 2.33. The highest BCUT2D eigenvalue weighted by Crippen LogP contribution is 2.52. The van der Waals surface area contributed by atoms with Crippen molar-refractivity contribution >= 4 is 5.57 Å². The Balaban J connectivity index is 0.000000555. The van der Waals surface area contributed by atoms with Crippen molar-refractivity contribution in [1.82, 2.24) is 0 Å². The van der Waals surface area contributed by atoms with Crippen LogP contribution in [0.2, 0.25) is 0 Å². The fraction of sp³-hybridized carbons (Fsp3) is 0.394. The predicted octanol–water partition coefficient (Wildman–Crippen LogP) is 9.97. The van der Waals surface area contributed by atoms with E-state index in [1.807, 2.05) is 0 Å². The molecule has 0 amide bonds. The first kappa shape index (κ1) is 25.0. The number of aryl methyl sites for hydroxylation is 2. The maximum Gasteiger partial charge on any atom is 0.0358 e.